The van der Waals surface area contributed by atoms with Gasteiger partial charge in [0.25, 0.3) is 0 Å². The molecular weight excluding hydrogens is 140 g/mol. The molecule has 0 bridgehead atoms. The molecule has 0 saturated carbocycles. The zero-order valence-electron chi connectivity index (χ0n) is 7.57. The average molecular weight is 160 g/mol. The zero-order valence-corrected chi connectivity index (χ0v) is 8.57. The third-order valence-electron chi connectivity index (χ3n) is 1.11. The Kier molecular flexibility index (Phi) is 9.34. The number of rotatable bonds is 4. The lowest BCUT2D eigenvalue weighted by molar-refractivity contribution is 0.700. The van der Waals surface area contributed by atoms with E-state index in [1.54, 1.807) is 0 Å². The average Bonchev–Trinajstić information content (AvgIpc) is 1.63. The summed E-state index contributed by atoms with van der Waals surface area (Å²) in [5.74, 6) is 1.81. The molecule has 0 atom stereocenters. The lowest BCUT2D eigenvalue weighted by Gasteiger charge is -2.04. The molecule has 0 rings (SSSR count). The molecule has 0 heterocycles. The van der Waals surface area contributed by atoms with Crippen LogP contribution in [0.1, 0.15) is 27.7 Å². The number of hydrogen-bond acceptors (Lipinski definition) is 0. The molecule has 2 radical (unpaired) electrons. The summed E-state index contributed by atoms with van der Waals surface area (Å²) in [6.07, 6.45) is 0. The van der Waals surface area contributed by atoms with Crippen molar-refractivity contribution in [3.63, 3.8) is 0 Å². The third-order valence-corrected chi connectivity index (χ3v) is 3.32. The van der Waals surface area contributed by atoms with Gasteiger partial charge in [-0.15, -0.1) is 0 Å². The molecule has 62 valence electrons. The van der Waals surface area contributed by atoms with Crippen LogP contribution in [0.3, 0.4) is 0 Å². The van der Waals surface area contributed by atoms with Gasteiger partial charge in [-0.3, -0.25) is 0 Å². The van der Waals surface area contributed by atoms with Crippen LogP contribution in [-0.2, 0) is 0 Å². The highest BCUT2D eigenvalue weighted by atomic mass is 28.2. The van der Waals surface area contributed by atoms with Gasteiger partial charge in [0.2, 0.25) is 0 Å². The van der Waals surface area contributed by atoms with Gasteiger partial charge in [0.05, 0.1) is 0 Å². The Bertz CT molecular complexity index is 54.3. The van der Waals surface area contributed by atoms with Crippen LogP contribution < -0.4 is 0 Å². The highest BCUT2D eigenvalue weighted by Gasteiger charge is 1.97. The van der Waals surface area contributed by atoms with Crippen LogP contribution in [0.5, 0.6) is 0 Å². The van der Waals surface area contributed by atoms with Crippen LogP contribution in [0.25, 0.3) is 0 Å². The smallest absolute Gasteiger partial charge is 0.0383 e. The summed E-state index contributed by atoms with van der Waals surface area (Å²) in [6, 6.07) is 2.86. The van der Waals surface area contributed by atoms with E-state index in [2.05, 4.69) is 27.7 Å². The molecular formula is C8H20OSi. The van der Waals surface area contributed by atoms with E-state index in [1.165, 1.54) is 21.6 Å². The van der Waals surface area contributed by atoms with Gasteiger partial charge in [-0.25, -0.2) is 0 Å². The molecule has 0 fully saturated rings. The fraction of sp³-hybridized carbons (Fsp3) is 1.00. The van der Waals surface area contributed by atoms with Gasteiger partial charge in [0.1, 0.15) is 0 Å². The van der Waals surface area contributed by atoms with Gasteiger partial charge in [-0.1, -0.05) is 39.8 Å². The first kappa shape index (κ1) is 12.8. The molecule has 0 aliphatic rings. The molecule has 0 aromatic heterocycles. The Morgan fingerprint density at radius 1 is 0.900 bits per heavy atom. The van der Waals surface area contributed by atoms with Crippen LogP contribution in [0.2, 0.25) is 12.1 Å². The van der Waals surface area contributed by atoms with Crippen molar-refractivity contribution in [1.29, 1.82) is 0 Å². The van der Waals surface area contributed by atoms with Crippen LogP contribution in [0, 0.1) is 11.8 Å². The summed E-state index contributed by atoms with van der Waals surface area (Å²) >= 11 is 0. The van der Waals surface area contributed by atoms with Gasteiger partial charge in [-0.2, -0.15) is 0 Å². The minimum absolute atomic E-state index is 0. The summed E-state index contributed by atoms with van der Waals surface area (Å²) in [4.78, 5) is 0. The van der Waals surface area contributed by atoms with Gasteiger partial charge in [-0.05, 0) is 11.8 Å². The van der Waals surface area contributed by atoms with Crippen LogP contribution in [0.15, 0.2) is 0 Å². The summed E-state index contributed by atoms with van der Waals surface area (Å²) in [6.45, 7) is 9.20. The molecule has 0 aromatic carbocycles. The molecule has 0 saturated heterocycles. The Hall–Kier alpha value is 0.177. The molecule has 0 amide bonds. The van der Waals surface area contributed by atoms with Crippen molar-refractivity contribution in [2.45, 2.75) is 39.8 Å². The van der Waals surface area contributed by atoms with E-state index in [1.807, 2.05) is 0 Å². The predicted octanol–water partition coefficient (Wildman–Crippen LogP) is 2.01. The highest BCUT2D eigenvalue weighted by molar-refractivity contribution is 6.35. The Morgan fingerprint density at radius 2 is 1.20 bits per heavy atom. The lowest BCUT2D eigenvalue weighted by atomic mass is 10.3. The molecule has 0 aliphatic heterocycles. The minimum atomic E-state index is 0. The second-order valence-electron chi connectivity index (χ2n) is 3.45. The van der Waals surface area contributed by atoms with Gasteiger partial charge >= 0.3 is 0 Å². The molecule has 0 spiro atoms. The van der Waals surface area contributed by atoms with Crippen LogP contribution in [0.4, 0.5) is 0 Å². The summed E-state index contributed by atoms with van der Waals surface area (Å²) in [5.41, 5.74) is 0. The van der Waals surface area contributed by atoms with E-state index in [4.69, 9.17) is 0 Å². The maximum atomic E-state index is 2.30. The minimum Gasteiger partial charge on any atom is -0.412 e. The molecule has 10 heavy (non-hydrogen) atoms. The van der Waals surface area contributed by atoms with Crippen molar-refractivity contribution >= 4 is 9.52 Å². The normalized spacial score (nSPS) is 10.2. The van der Waals surface area contributed by atoms with E-state index in [0.717, 1.165) is 11.8 Å². The van der Waals surface area contributed by atoms with Gasteiger partial charge < -0.3 is 5.48 Å². The van der Waals surface area contributed by atoms with Crippen molar-refractivity contribution in [2.24, 2.45) is 11.8 Å². The van der Waals surface area contributed by atoms with E-state index < -0.39 is 0 Å². The largest absolute Gasteiger partial charge is 0.412 e. The van der Waals surface area contributed by atoms with E-state index in [-0.39, 0.29) is 5.48 Å². The fourth-order valence-electron chi connectivity index (χ4n) is 0.661. The maximum Gasteiger partial charge on any atom is 0.0383 e. The first-order valence-electron chi connectivity index (χ1n) is 3.83. The summed E-state index contributed by atoms with van der Waals surface area (Å²) in [5, 5.41) is 0. The second kappa shape index (κ2) is 7.29. The van der Waals surface area contributed by atoms with Gasteiger partial charge in [0.15, 0.2) is 0 Å². The van der Waals surface area contributed by atoms with Crippen molar-refractivity contribution < 1.29 is 5.48 Å². The second-order valence-corrected chi connectivity index (χ2v) is 4.76. The van der Waals surface area contributed by atoms with E-state index >= 15 is 0 Å². The SMILES string of the molecule is CC(C)C[Si]CC(C)C.O. The highest BCUT2D eigenvalue weighted by Crippen LogP contribution is 2.05. The Balaban J connectivity index is 0. The van der Waals surface area contributed by atoms with E-state index in [0.29, 0.717) is 0 Å². The van der Waals surface area contributed by atoms with Crippen LogP contribution >= 0.6 is 0 Å². The Morgan fingerprint density at radius 3 is 1.40 bits per heavy atom. The molecule has 1 nitrogen and oxygen atoms in total. The van der Waals surface area contributed by atoms with Gasteiger partial charge in [0, 0.05) is 9.52 Å². The first-order valence-corrected chi connectivity index (χ1v) is 5.25. The predicted molar refractivity (Wildman–Crippen MR) is 48.7 cm³/mol. The van der Waals surface area contributed by atoms with Crippen molar-refractivity contribution in [3.8, 4) is 0 Å². The Labute approximate surface area is 67.3 Å². The molecule has 0 aliphatic carbocycles. The monoisotopic (exact) mass is 160 g/mol. The maximum absolute atomic E-state index is 2.30. The standard InChI is InChI=1S/C8H18Si.H2O/c1-7(2)5-9-6-8(3)4;/h7-8H,5-6H2,1-4H3;1H2. The first-order chi connectivity index (χ1) is 4.13. The fourth-order valence-corrected chi connectivity index (χ4v) is 1.98. The quantitative estimate of drug-likeness (QED) is 0.564. The van der Waals surface area contributed by atoms with Crippen molar-refractivity contribution in [2.75, 3.05) is 0 Å². The summed E-state index contributed by atoms with van der Waals surface area (Å²) in [7, 11) is 1.19. The van der Waals surface area contributed by atoms with Crippen molar-refractivity contribution in [1.82, 2.24) is 0 Å². The van der Waals surface area contributed by atoms with Crippen molar-refractivity contribution in [3.05, 3.63) is 0 Å². The summed E-state index contributed by atoms with van der Waals surface area (Å²) < 4.78 is 0. The van der Waals surface area contributed by atoms with Crippen LogP contribution in [-0.4, -0.2) is 15.0 Å². The molecule has 2 N–H and O–H groups in total. The molecule has 2 heteroatoms. The van der Waals surface area contributed by atoms with E-state index in [9.17, 15) is 0 Å². The topological polar surface area (TPSA) is 31.5 Å². The molecule has 0 unspecified atom stereocenters. The lowest BCUT2D eigenvalue weighted by Crippen LogP contribution is -1.99. The number of hydrogen-bond donors (Lipinski definition) is 0. The third kappa shape index (κ3) is 11.0. The zero-order chi connectivity index (χ0) is 7.28. The molecule has 0 aromatic rings.